The molecule has 0 unspecified atom stereocenters. The average Bonchev–Trinajstić information content (AvgIpc) is 3.12. The molecule has 5 heteroatoms. The molecule has 2 aromatic rings. The predicted octanol–water partition coefficient (Wildman–Crippen LogP) is 6.33. The zero-order valence-electron chi connectivity index (χ0n) is 18.7. The molecule has 0 atom stereocenters. The number of anilines is 1. The molecule has 1 aromatic carbocycles. The second kappa shape index (κ2) is 10.4. The van der Waals surface area contributed by atoms with Crippen molar-refractivity contribution >= 4 is 23.1 Å². The first-order valence-corrected chi connectivity index (χ1v) is 11.1. The molecule has 162 valence electrons. The third-order valence-corrected chi connectivity index (χ3v) is 5.55. The number of benzene rings is 1. The van der Waals surface area contributed by atoms with Crippen LogP contribution in [0, 0.1) is 0 Å². The number of imidazole rings is 1. The highest BCUT2D eigenvalue weighted by Gasteiger charge is 2.32. The summed E-state index contributed by atoms with van der Waals surface area (Å²) in [6, 6.07) is 10.4. The summed E-state index contributed by atoms with van der Waals surface area (Å²) in [5, 5.41) is 0. The van der Waals surface area contributed by atoms with Crippen LogP contribution in [-0.2, 0) is 13.0 Å². The molecule has 0 bridgehead atoms. The van der Waals surface area contributed by atoms with E-state index in [0.717, 1.165) is 53.8 Å². The number of allylic oxidation sites excluding steroid dienone is 5. The van der Waals surface area contributed by atoms with Crippen LogP contribution in [0.5, 0.6) is 0 Å². The number of aromatic nitrogens is 2. The Labute approximate surface area is 191 Å². The summed E-state index contributed by atoms with van der Waals surface area (Å²) < 4.78 is 2.28. The van der Waals surface area contributed by atoms with Gasteiger partial charge in [-0.2, -0.15) is 0 Å². The molecular formula is C26H31ClN4. The Bertz CT molecular complexity index is 1030. The topological polar surface area (TPSA) is 24.3 Å². The maximum absolute atomic E-state index is 5.79. The first kappa shape index (κ1) is 22.7. The van der Waals surface area contributed by atoms with Crippen molar-refractivity contribution in [2.75, 3.05) is 18.5 Å². The van der Waals surface area contributed by atoms with Crippen LogP contribution in [0.3, 0.4) is 0 Å². The van der Waals surface area contributed by atoms with Gasteiger partial charge in [0, 0.05) is 32.1 Å². The van der Waals surface area contributed by atoms with E-state index in [1.165, 1.54) is 11.1 Å². The van der Waals surface area contributed by atoms with Crippen LogP contribution >= 0.6 is 11.6 Å². The average molecular weight is 435 g/mol. The lowest BCUT2D eigenvalue weighted by molar-refractivity contribution is 0.460. The fraction of sp³-hybridized carbons (Fsp3) is 0.269. The largest absolute Gasteiger partial charge is 0.327 e. The van der Waals surface area contributed by atoms with Crippen LogP contribution in [0.4, 0.5) is 5.82 Å². The normalized spacial score (nSPS) is 14.9. The van der Waals surface area contributed by atoms with Crippen LogP contribution in [0.2, 0.25) is 0 Å². The van der Waals surface area contributed by atoms with E-state index in [2.05, 4.69) is 64.8 Å². The van der Waals surface area contributed by atoms with Gasteiger partial charge in [0.15, 0.2) is 5.82 Å². The van der Waals surface area contributed by atoms with Crippen molar-refractivity contribution in [2.45, 2.75) is 33.2 Å². The molecule has 31 heavy (non-hydrogen) atoms. The van der Waals surface area contributed by atoms with Gasteiger partial charge in [-0.05, 0) is 24.5 Å². The van der Waals surface area contributed by atoms with E-state index in [0.29, 0.717) is 6.54 Å². The van der Waals surface area contributed by atoms with E-state index < -0.39 is 0 Å². The van der Waals surface area contributed by atoms with Gasteiger partial charge in [-0.3, -0.25) is 0 Å². The number of hydrogen-bond donors (Lipinski definition) is 0. The summed E-state index contributed by atoms with van der Waals surface area (Å²) >= 11 is 5.79. The third kappa shape index (κ3) is 4.86. The molecule has 2 heterocycles. The molecule has 0 radical (unpaired) electrons. The summed E-state index contributed by atoms with van der Waals surface area (Å²) in [7, 11) is 2.03. The maximum Gasteiger partial charge on any atom is 0.162 e. The van der Waals surface area contributed by atoms with E-state index in [9.17, 15) is 0 Å². The summed E-state index contributed by atoms with van der Waals surface area (Å²) in [6.07, 6.45) is 9.78. The van der Waals surface area contributed by atoms with E-state index in [-0.39, 0.29) is 0 Å². The highest BCUT2D eigenvalue weighted by atomic mass is 35.5. The Morgan fingerprint density at radius 1 is 1.19 bits per heavy atom. The van der Waals surface area contributed by atoms with Gasteiger partial charge in [-0.15, -0.1) is 0 Å². The summed E-state index contributed by atoms with van der Waals surface area (Å²) in [5.41, 5.74) is 5.87. The first-order valence-electron chi connectivity index (χ1n) is 10.6. The Kier molecular flexibility index (Phi) is 7.59. The van der Waals surface area contributed by atoms with Crippen molar-refractivity contribution < 1.29 is 0 Å². The Hall–Kier alpha value is -2.98. The lowest BCUT2D eigenvalue weighted by Gasteiger charge is -2.38. The molecule has 4 nitrogen and oxygen atoms in total. The van der Waals surface area contributed by atoms with Crippen molar-refractivity contribution in [1.29, 1.82) is 0 Å². The fourth-order valence-electron chi connectivity index (χ4n) is 3.88. The fourth-order valence-corrected chi connectivity index (χ4v) is 3.95. The van der Waals surface area contributed by atoms with Crippen LogP contribution in [-0.4, -0.2) is 28.0 Å². The highest BCUT2D eigenvalue weighted by molar-refractivity contribution is 6.25. The number of fused-ring (bicyclic) bond motifs is 1. The lowest BCUT2D eigenvalue weighted by Crippen LogP contribution is -2.37. The van der Waals surface area contributed by atoms with Crippen LogP contribution in [0.1, 0.15) is 37.4 Å². The van der Waals surface area contributed by atoms with Crippen LogP contribution in [0.15, 0.2) is 84.7 Å². The smallest absolute Gasteiger partial charge is 0.162 e. The quantitative estimate of drug-likeness (QED) is 0.453. The number of rotatable bonds is 8. The molecule has 1 aliphatic rings. The molecular weight excluding hydrogens is 404 g/mol. The van der Waals surface area contributed by atoms with E-state index in [1.54, 1.807) is 0 Å². The molecule has 0 fully saturated rings. The van der Waals surface area contributed by atoms with Gasteiger partial charge in [0.2, 0.25) is 0 Å². The minimum absolute atomic E-state index is 0.676. The second-order valence-corrected chi connectivity index (χ2v) is 7.83. The number of hydrogen-bond acceptors (Lipinski definition) is 3. The van der Waals surface area contributed by atoms with Gasteiger partial charge >= 0.3 is 0 Å². The van der Waals surface area contributed by atoms with Crippen molar-refractivity contribution in [3.8, 4) is 0 Å². The molecule has 0 spiro atoms. The second-order valence-electron chi connectivity index (χ2n) is 7.58. The zero-order chi connectivity index (χ0) is 22.4. The van der Waals surface area contributed by atoms with Crippen LogP contribution < -0.4 is 4.90 Å². The number of nitrogens with zero attached hydrogens (tertiary/aromatic N) is 4. The molecule has 3 rings (SSSR count). The molecule has 0 saturated carbocycles. The molecule has 0 aliphatic carbocycles. The molecule has 0 amide bonds. The molecule has 0 saturated heterocycles. The minimum Gasteiger partial charge on any atom is -0.327 e. The SMILES string of the molecule is C=C1c2c(nc(Cc3ccccc3)n2CC(/C=C\C)=C/C=C/Cl)N(C)C(=C)N1CCC. The minimum atomic E-state index is 0.676. The van der Waals surface area contributed by atoms with Crippen LogP contribution in [0.25, 0.3) is 5.70 Å². The van der Waals surface area contributed by atoms with E-state index in [1.807, 2.05) is 38.3 Å². The summed E-state index contributed by atoms with van der Waals surface area (Å²) in [4.78, 5) is 9.32. The molecule has 1 aromatic heterocycles. The Balaban J connectivity index is 2.15. The van der Waals surface area contributed by atoms with Gasteiger partial charge in [-0.25, -0.2) is 4.98 Å². The monoisotopic (exact) mass is 434 g/mol. The van der Waals surface area contributed by atoms with Crippen molar-refractivity contribution in [3.05, 3.63) is 102 Å². The molecule has 1 aliphatic heterocycles. The highest BCUT2D eigenvalue weighted by Crippen LogP contribution is 2.38. The summed E-state index contributed by atoms with van der Waals surface area (Å²) in [6.45, 7) is 14.5. The third-order valence-electron chi connectivity index (χ3n) is 5.40. The van der Waals surface area contributed by atoms with Crippen molar-refractivity contribution in [3.63, 3.8) is 0 Å². The first-order chi connectivity index (χ1) is 15.0. The zero-order valence-corrected chi connectivity index (χ0v) is 19.4. The summed E-state index contributed by atoms with van der Waals surface area (Å²) in [5.74, 6) is 2.81. The van der Waals surface area contributed by atoms with Crippen molar-refractivity contribution in [2.24, 2.45) is 0 Å². The predicted molar refractivity (Wildman–Crippen MR) is 133 cm³/mol. The van der Waals surface area contributed by atoms with Gasteiger partial charge in [0.25, 0.3) is 0 Å². The molecule has 0 N–H and O–H groups in total. The van der Waals surface area contributed by atoms with Gasteiger partial charge in [0.05, 0.1) is 5.70 Å². The maximum atomic E-state index is 5.79. The standard InChI is InChI=1S/C26H31ClN4/c1-6-12-23(15-11-16-27)19-31-24(18-22-13-9-8-10-14-22)28-26-25(31)20(3)30(17-7-2)21(4)29(26)5/h6,8-16H,3-4,7,17-19H2,1-2,5H3/b12-6-,16-11+,23-15+. The van der Waals surface area contributed by atoms with Gasteiger partial charge in [0.1, 0.15) is 17.3 Å². The number of halogens is 1. The lowest BCUT2D eigenvalue weighted by atomic mass is 10.1. The van der Waals surface area contributed by atoms with E-state index >= 15 is 0 Å². The Morgan fingerprint density at radius 3 is 2.58 bits per heavy atom. The van der Waals surface area contributed by atoms with Crippen molar-refractivity contribution in [1.82, 2.24) is 14.5 Å². The van der Waals surface area contributed by atoms with E-state index in [4.69, 9.17) is 16.6 Å². The Morgan fingerprint density at radius 2 is 1.94 bits per heavy atom. The van der Waals surface area contributed by atoms with Gasteiger partial charge in [-0.1, -0.05) is 86.3 Å². The van der Waals surface area contributed by atoms with Gasteiger partial charge < -0.3 is 14.4 Å².